The molecule has 4 heteroatoms. The molecule has 1 aliphatic rings. The maximum absolute atomic E-state index is 5.73. The number of ether oxygens (including phenoxy) is 2. The summed E-state index contributed by atoms with van der Waals surface area (Å²) in [6.07, 6.45) is 2.11. The van der Waals surface area contributed by atoms with Crippen LogP contribution in [0.1, 0.15) is 12.5 Å². The Bertz CT molecular complexity index is 344. The molecule has 4 nitrogen and oxygen atoms in total. The van der Waals surface area contributed by atoms with Gasteiger partial charge in [-0.1, -0.05) is 6.07 Å². The van der Waals surface area contributed by atoms with Gasteiger partial charge in [-0.25, -0.2) is 4.98 Å². The number of hydrogen-bond donors (Lipinski definition) is 1. The van der Waals surface area contributed by atoms with Gasteiger partial charge in [-0.05, 0) is 19.9 Å². The molecule has 1 saturated heterocycles. The van der Waals surface area contributed by atoms with Crippen molar-refractivity contribution in [1.29, 1.82) is 0 Å². The molecule has 2 atom stereocenters. The quantitative estimate of drug-likeness (QED) is 0.833. The molecular formula is C12H18N2O2. The molecular weight excluding hydrogens is 204 g/mol. The summed E-state index contributed by atoms with van der Waals surface area (Å²) in [6, 6.07) is 3.90. The van der Waals surface area contributed by atoms with E-state index in [0.29, 0.717) is 12.5 Å². The summed E-state index contributed by atoms with van der Waals surface area (Å²) in [5, 5.41) is 3.31. The second-order valence-electron chi connectivity index (χ2n) is 4.16. The summed E-state index contributed by atoms with van der Waals surface area (Å²) < 4.78 is 11.4. The summed E-state index contributed by atoms with van der Waals surface area (Å²) in [7, 11) is 0. The van der Waals surface area contributed by atoms with Crippen molar-refractivity contribution in [1.82, 2.24) is 10.3 Å². The van der Waals surface area contributed by atoms with Crippen molar-refractivity contribution in [2.45, 2.75) is 26.1 Å². The highest BCUT2D eigenvalue weighted by molar-refractivity contribution is 5.23. The average Bonchev–Trinajstić information content (AvgIpc) is 2.28. The van der Waals surface area contributed by atoms with E-state index >= 15 is 0 Å². The molecule has 2 rings (SSSR count). The van der Waals surface area contributed by atoms with Crippen LogP contribution in [-0.4, -0.2) is 36.9 Å². The third-order valence-electron chi connectivity index (χ3n) is 2.60. The summed E-state index contributed by atoms with van der Waals surface area (Å²) in [5.74, 6) is 0.698. The van der Waals surface area contributed by atoms with Crippen molar-refractivity contribution in [2.24, 2.45) is 0 Å². The van der Waals surface area contributed by atoms with E-state index in [1.165, 1.54) is 0 Å². The molecule has 16 heavy (non-hydrogen) atoms. The van der Waals surface area contributed by atoms with Crippen molar-refractivity contribution in [3.63, 3.8) is 0 Å². The smallest absolute Gasteiger partial charge is 0.216 e. The lowest BCUT2D eigenvalue weighted by atomic mass is 10.2. The minimum atomic E-state index is 0.116. The Hall–Kier alpha value is -1.13. The number of aryl methyl sites for hydroxylation is 1. The fourth-order valence-corrected chi connectivity index (χ4v) is 1.76. The van der Waals surface area contributed by atoms with Crippen molar-refractivity contribution < 1.29 is 9.47 Å². The lowest BCUT2D eigenvalue weighted by Gasteiger charge is -2.28. The summed E-state index contributed by atoms with van der Waals surface area (Å²) in [4.78, 5) is 4.18. The van der Waals surface area contributed by atoms with Crippen LogP contribution in [0.25, 0.3) is 0 Å². The number of aromatic nitrogens is 1. The van der Waals surface area contributed by atoms with Gasteiger partial charge in [0.15, 0.2) is 0 Å². The predicted molar refractivity (Wildman–Crippen MR) is 61.7 cm³/mol. The van der Waals surface area contributed by atoms with E-state index in [0.717, 1.165) is 18.7 Å². The first-order chi connectivity index (χ1) is 7.75. The van der Waals surface area contributed by atoms with Gasteiger partial charge in [0.25, 0.3) is 0 Å². The van der Waals surface area contributed by atoms with E-state index in [2.05, 4.69) is 17.2 Å². The van der Waals surface area contributed by atoms with E-state index in [1.807, 2.05) is 19.1 Å². The van der Waals surface area contributed by atoms with E-state index in [1.54, 1.807) is 6.20 Å². The molecule has 0 radical (unpaired) electrons. The van der Waals surface area contributed by atoms with E-state index in [9.17, 15) is 0 Å². The first kappa shape index (κ1) is 11.4. The van der Waals surface area contributed by atoms with Crippen molar-refractivity contribution in [3.8, 4) is 5.88 Å². The fourth-order valence-electron chi connectivity index (χ4n) is 1.76. The van der Waals surface area contributed by atoms with Crippen LogP contribution in [0.15, 0.2) is 18.3 Å². The standard InChI is InChI=1S/C12H18N2O2/c1-9-4-3-5-14-12(9)15-8-11-7-13-6-10(2)16-11/h3-5,10-11,13H,6-8H2,1-2H3. The third-order valence-corrected chi connectivity index (χ3v) is 2.60. The number of rotatable bonds is 3. The number of hydrogen-bond acceptors (Lipinski definition) is 4. The van der Waals surface area contributed by atoms with Crippen molar-refractivity contribution in [2.75, 3.05) is 19.7 Å². The van der Waals surface area contributed by atoms with Crippen LogP contribution in [-0.2, 0) is 4.74 Å². The topological polar surface area (TPSA) is 43.4 Å². The van der Waals surface area contributed by atoms with E-state index < -0.39 is 0 Å². The highest BCUT2D eigenvalue weighted by Crippen LogP contribution is 2.13. The monoisotopic (exact) mass is 222 g/mol. The van der Waals surface area contributed by atoms with Gasteiger partial charge < -0.3 is 14.8 Å². The van der Waals surface area contributed by atoms with Crippen LogP contribution in [0.2, 0.25) is 0 Å². The second-order valence-corrected chi connectivity index (χ2v) is 4.16. The zero-order valence-electron chi connectivity index (χ0n) is 9.77. The highest BCUT2D eigenvalue weighted by atomic mass is 16.5. The van der Waals surface area contributed by atoms with Gasteiger partial charge in [0, 0.05) is 24.8 Å². The van der Waals surface area contributed by atoms with Gasteiger partial charge in [0.2, 0.25) is 5.88 Å². The molecule has 1 fully saturated rings. The zero-order valence-corrected chi connectivity index (χ0v) is 9.77. The Morgan fingerprint density at radius 3 is 3.19 bits per heavy atom. The maximum atomic E-state index is 5.73. The van der Waals surface area contributed by atoms with Crippen molar-refractivity contribution >= 4 is 0 Å². The Labute approximate surface area is 96.0 Å². The molecule has 0 aromatic carbocycles. The minimum absolute atomic E-state index is 0.116. The predicted octanol–water partition coefficient (Wildman–Crippen LogP) is 1.15. The van der Waals surface area contributed by atoms with Crippen LogP contribution in [0.3, 0.4) is 0 Å². The molecule has 1 N–H and O–H groups in total. The SMILES string of the molecule is Cc1cccnc1OCC1CNCC(C)O1. The van der Waals surface area contributed by atoms with Crippen LogP contribution in [0.5, 0.6) is 5.88 Å². The average molecular weight is 222 g/mol. The molecule has 0 spiro atoms. The van der Waals surface area contributed by atoms with Gasteiger partial charge in [0.1, 0.15) is 12.7 Å². The first-order valence-corrected chi connectivity index (χ1v) is 5.66. The van der Waals surface area contributed by atoms with Gasteiger partial charge in [0.05, 0.1) is 6.10 Å². The number of morpholine rings is 1. The van der Waals surface area contributed by atoms with Crippen LogP contribution >= 0.6 is 0 Å². The summed E-state index contributed by atoms with van der Waals surface area (Å²) >= 11 is 0. The summed E-state index contributed by atoms with van der Waals surface area (Å²) in [5.41, 5.74) is 1.05. The highest BCUT2D eigenvalue weighted by Gasteiger charge is 2.19. The Morgan fingerprint density at radius 2 is 2.44 bits per heavy atom. The van der Waals surface area contributed by atoms with Crippen LogP contribution in [0.4, 0.5) is 0 Å². The van der Waals surface area contributed by atoms with Crippen LogP contribution in [0, 0.1) is 6.92 Å². The largest absolute Gasteiger partial charge is 0.475 e. The lowest BCUT2D eigenvalue weighted by Crippen LogP contribution is -2.45. The number of pyridine rings is 1. The second kappa shape index (κ2) is 5.27. The third kappa shape index (κ3) is 2.93. The zero-order chi connectivity index (χ0) is 11.4. The van der Waals surface area contributed by atoms with E-state index in [4.69, 9.17) is 9.47 Å². The molecule has 1 aromatic heterocycles. The number of nitrogens with zero attached hydrogens (tertiary/aromatic N) is 1. The molecule has 0 amide bonds. The van der Waals surface area contributed by atoms with E-state index in [-0.39, 0.29) is 12.2 Å². The molecule has 0 bridgehead atoms. The lowest BCUT2D eigenvalue weighted by molar-refractivity contribution is -0.0477. The first-order valence-electron chi connectivity index (χ1n) is 5.66. The molecule has 1 aliphatic heterocycles. The normalized spacial score (nSPS) is 25.4. The maximum Gasteiger partial charge on any atom is 0.216 e. The molecule has 88 valence electrons. The molecule has 0 saturated carbocycles. The molecule has 2 unspecified atom stereocenters. The Kier molecular flexibility index (Phi) is 3.74. The van der Waals surface area contributed by atoms with Gasteiger partial charge in [-0.2, -0.15) is 0 Å². The summed E-state index contributed by atoms with van der Waals surface area (Å²) in [6.45, 7) is 6.36. The molecule has 0 aliphatic carbocycles. The van der Waals surface area contributed by atoms with Gasteiger partial charge in [-0.3, -0.25) is 0 Å². The van der Waals surface area contributed by atoms with Crippen molar-refractivity contribution in [3.05, 3.63) is 23.9 Å². The molecule has 2 heterocycles. The van der Waals surface area contributed by atoms with Gasteiger partial charge >= 0.3 is 0 Å². The van der Waals surface area contributed by atoms with Crippen LogP contribution < -0.4 is 10.1 Å². The minimum Gasteiger partial charge on any atom is -0.475 e. The van der Waals surface area contributed by atoms with Gasteiger partial charge in [-0.15, -0.1) is 0 Å². The molecule has 1 aromatic rings. The Morgan fingerprint density at radius 1 is 1.56 bits per heavy atom. The number of nitrogens with one attached hydrogen (secondary N) is 1. The Balaban J connectivity index is 1.85. The fraction of sp³-hybridized carbons (Fsp3) is 0.583.